The van der Waals surface area contributed by atoms with Gasteiger partial charge in [0.25, 0.3) is 0 Å². The molecule has 1 aliphatic heterocycles. The molecule has 3 aromatic rings. The molecule has 0 amide bonds. The SMILES string of the molecule is COc1ccc(C2CCCN2CC(=O)c2c[nH]c3ccccc23)c(OC)c1. The molecule has 5 heteroatoms. The van der Waals surface area contributed by atoms with Gasteiger partial charge in [0.1, 0.15) is 11.5 Å². The zero-order chi connectivity index (χ0) is 18.8. The van der Waals surface area contributed by atoms with Gasteiger partial charge in [0.05, 0.1) is 20.8 Å². The number of fused-ring (bicyclic) bond motifs is 1. The Morgan fingerprint density at radius 2 is 2.04 bits per heavy atom. The summed E-state index contributed by atoms with van der Waals surface area (Å²) in [6.07, 6.45) is 3.91. The second-order valence-corrected chi connectivity index (χ2v) is 6.91. The van der Waals surface area contributed by atoms with E-state index < -0.39 is 0 Å². The van der Waals surface area contributed by atoms with E-state index in [4.69, 9.17) is 9.47 Å². The first kappa shape index (κ1) is 17.6. The lowest BCUT2D eigenvalue weighted by Crippen LogP contribution is -2.29. The minimum absolute atomic E-state index is 0.145. The summed E-state index contributed by atoms with van der Waals surface area (Å²) in [5.41, 5.74) is 2.87. The molecular formula is C22H24N2O3. The van der Waals surface area contributed by atoms with Crippen molar-refractivity contribution in [3.63, 3.8) is 0 Å². The summed E-state index contributed by atoms with van der Waals surface area (Å²) in [6, 6.07) is 14.0. The van der Waals surface area contributed by atoms with Crippen LogP contribution in [0.1, 0.15) is 34.8 Å². The van der Waals surface area contributed by atoms with E-state index >= 15 is 0 Å². The second kappa shape index (κ2) is 7.45. The van der Waals surface area contributed by atoms with Crippen molar-refractivity contribution in [2.24, 2.45) is 0 Å². The highest BCUT2D eigenvalue weighted by Crippen LogP contribution is 2.38. The fraction of sp³-hybridized carbons (Fsp3) is 0.318. The summed E-state index contributed by atoms with van der Waals surface area (Å²) < 4.78 is 10.9. The highest BCUT2D eigenvalue weighted by Gasteiger charge is 2.30. The number of nitrogens with one attached hydrogen (secondary N) is 1. The number of carbonyl (C=O) groups is 1. The molecule has 1 N–H and O–H groups in total. The van der Waals surface area contributed by atoms with Gasteiger partial charge in [-0.3, -0.25) is 9.69 Å². The normalized spacial score (nSPS) is 17.3. The van der Waals surface area contributed by atoms with Gasteiger partial charge in [-0.05, 0) is 31.5 Å². The first-order chi connectivity index (χ1) is 13.2. The molecule has 1 unspecified atom stereocenters. The van der Waals surface area contributed by atoms with Crippen LogP contribution in [0.15, 0.2) is 48.7 Å². The monoisotopic (exact) mass is 364 g/mol. The van der Waals surface area contributed by atoms with Crippen molar-refractivity contribution in [1.29, 1.82) is 0 Å². The minimum Gasteiger partial charge on any atom is -0.497 e. The lowest BCUT2D eigenvalue weighted by atomic mass is 10.0. The number of hydrogen-bond donors (Lipinski definition) is 1. The van der Waals surface area contributed by atoms with E-state index in [0.29, 0.717) is 6.54 Å². The number of para-hydroxylation sites is 1. The van der Waals surface area contributed by atoms with Crippen molar-refractivity contribution >= 4 is 16.7 Å². The van der Waals surface area contributed by atoms with E-state index in [0.717, 1.165) is 52.9 Å². The van der Waals surface area contributed by atoms with Gasteiger partial charge in [-0.2, -0.15) is 0 Å². The van der Waals surface area contributed by atoms with Crippen molar-refractivity contribution in [2.45, 2.75) is 18.9 Å². The number of rotatable bonds is 6. The summed E-state index contributed by atoms with van der Waals surface area (Å²) in [5, 5.41) is 0.986. The third kappa shape index (κ3) is 3.30. The molecule has 1 atom stereocenters. The molecule has 1 aromatic heterocycles. The van der Waals surface area contributed by atoms with Crippen LogP contribution in [0.25, 0.3) is 10.9 Å². The van der Waals surface area contributed by atoms with Gasteiger partial charge in [0, 0.05) is 40.3 Å². The predicted molar refractivity (Wildman–Crippen MR) is 106 cm³/mol. The van der Waals surface area contributed by atoms with Gasteiger partial charge < -0.3 is 14.5 Å². The molecule has 5 nitrogen and oxygen atoms in total. The topological polar surface area (TPSA) is 54.6 Å². The van der Waals surface area contributed by atoms with Crippen molar-refractivity contribution in [2.75, 3.05) is 27.3 Å². The number of likely N-dealkylation sites (tertiary alicyclic amines) is 1. The maximum Gasteiger partial charge on any atom is 0.178 e. The zero-order valence-electron chi connectivity index (χ0n) is 15.7. The van der Waals surface area contributed by atoms with E-state index in [1.807, 2.05) is 42.6 Å². The highest BCUT2D eigenvalue weighted by molar-refractivity contribution is 6.08. The second-order valence-electron chi connectivity index (χ2n) is 6.91. The van der Waals surface area contributed by atoms with E-state index in [-0.39, 0.29) is 11.8 Å². The van der Waals surface area contributed by atoms with Crippen molar-refractivity contribution in [3.05, 3.63) is 59.8 Å². The van der Waals surface area contributed by atoms with Crippen LogP contribution in [0.3, 0.4) is 0 Å². The van der Waals surface area contributed by atoms with Crippen LogP contribution in [-0.2, 0) is 0 Å². The number of benzene rings is 2. The van der Waals surface area contributed by atoms with Crippen molar-refractivity contribution in [3.8, 4) is 11.5 Å². The van der Waals surface area contributed by atoms with Gasteiger partial charge in [-0.15, -0.1) is 0 Å². The summed E-state index contributed by atoms with van der Waals surface area (Å²) in [7, 11) is 3.32. The van der Waals surface area contributed by atoms with Gasteiger partial charge in [0.2, 0.25) is 0 Å². The number of H-pyrrole nitrogens is 1. The van der Waals surface area contributed by atoms with Crippen LogP contribution in [0.4, 0.5) is 0 Å². The number of ether oxygens (including phenoxy) is 2. The number of nitrogens with zero attached hydrogens (tertiary/aromatic N) is 1. The summed E-state index contributed by atoms with van der Waals surface area (Å²) in [5.74, 6) is 1.73. The zero-order valence-corrected chi connectivity index (χ0v) is 15.7. The van der Waals surface area contributed by atoms with E-state index in [1.165, 1.54) is 0 Å². The fourth-order valence-electron chi connectivity index (χ4n) is 4.03. The third-order valence-electron chi connectivity index (χ3n) is 5.40. The quantitative estimate of drug-likeness (QED) is 0.666. The van der Waals surface area contributed by atoms with Crippen LogP contribution in [0.2, 0.25) is 0 Å². The number of ketones is 1. The molecule has 1 saturated heterocycles. The first-order valence-electron chi connectivity index (χ1n) is 9.26. The van der Waals surface area contributed by atoms with Crippen molar-refractivity contribution < 1.29 is 14.3 Å². The molecule has 1 fully saturated rings. The number of methoxy groups -OCH3 is 2. The van der Waals surface area contributed by atoms with Gasteiger partial charge in [0.15, 0.2) is 5.78 Å². The van der Waals surface area contributed by atoms with Crippen LogP contribution in [-0.4, -0.2) is 43.0 Å². The molecule has 0 spiro atoms. The number of aromatic nitrogens is 1. The average Bonchev–Trinajstić information content (AvgIpc) is 3.34. The molecule has 0 saturated carbocycles. The lowest BCUT2D eigenvalue weighted by molar-refractivity contribution is 0.0922. The van der Waals surface area contributed by atoms with Crippen LogP contribution in [0.5, 0.6) is 11.5 Å². The van der Waals surface area contributed by atoms with Gasteiger partial charge in [-0.25, -0.2) is 0 Å². The van der Waals surface area contributed by atoms with Crippen LogP contribution >= 0.6 is 0 Å². The smallest absolute Gasteiger partial charge is 0.178 e. The van der Waals surface area contributed by atoms with E-state index in [9.17, 15) is 4.79 Å². The van der Waals surface area contributed by atoms with E-state index in [1.54, 1.807) is 14.2 Å². The average molecular weight is 364 g/mol. The molecule has 0 radical (unpaired) electrons. The molecule has 4 rings (SSSR count). The fourth-order valence-corrected chi connectivity index (χ4v) is 4.03. The molecule has 1 aliphatic rings. The Morgan fingerprint density at radius 1 is 1.19 bits per heavy atom. The molecule has 0 bridgehead atoms. The number of Topliss-reactive ketones (excluding diaryl/α,β-unsaturated/α-hetero) is 1. The maximum absolute atomic E-state index is 13.0. The molecule has 27 heavy (non-hydrogen) atoms. The molecule has 2 heterocycles. The predicted octanol–water partition coefficient (Wildman–Crippen LogP) is 4.20. The largest absolute Gasteiger partial charge is 0.497 e. The first-order valence-corrected chi connectivity index (χ1v) is 9.26. The Morgan fingerprint density at radius 3 is 2.85 bits per heavy atom. The van der Waals surface area contributed by atoms with Crippen LogP contribution < -0.4 is 9.47 Å². The van der Waals surface area contributed by atoms with Gasteiger partial charge >= 0.3 is 0 Å². The molecule has 0 aliphatic carbocycles. The lowest BCUT2D eigenvalue weighted by Gasteiger charge is -2.25. The maximum atomic E-state index is 13.0. The standard InChI is InChI=1S/C22H24N2O3/c1-26-15-9-10-17(22(12-15)27-2)20-8-5-11-24(20)14-21(25)18-13-23-19-7-4-3-6-16(18)19/h3-4,6-7,9-10,12-13,20,23H,5,8,11,14H2,1-2H3. The Balaban J connectivity index is 1.58. The Labute approximate surface area is 158 Å². The Hall–Kier alpha value is -2.79. The number of carbonyl (C=O) groups excluding carboxylic acids is 1. The summed E-state index contributed by atoms with van der Waals surface area (Å²) in [4.78, 5) is 18.4. The highest BCUT2D eigenvalue weighted by atomic mass is 16.5. The molecule has 2 aromatic carbocycles. The summed E-state index contributed by atoms with van der Waals surface area (Å²) >= 11 is 0. The molecular weight excluding hydrogens is 340 g/mol. The van der Waals surface area contributed by atoms with Crippen molar-refractivity contribution in [1.82, 2.24) is 9.88 Å². The van der Waals surface area contributed by atoms with Crippen LogP contribution in [0, 0.1) is 0 Å². The summed E-state index contributed by atoms with van der Waals surface area (Å²) in [6.45, 7) is 1.32. The minimum atomic E-state index is 0.145. The van der Waals surface area contributed by atoms with E-state index in [2.05, 4.69) is 16.0 Å². The molecule has 140 valence electrons. The third-order valence-corrected chi connectivity index (χ3v) is 5.40. The number of aromatic amines is 1. The number of hydrogen-bond acceptors (Lipinski definition) is 4. The Bertz CT molecular complexity index is 963. The van der Waals surface area contributed by atoms with Gasteiger partial charge in [-0.1, -0.05) is 24.3 Å². The Kier molecular flexibility index (Phi) is 4.86.